The average Bonchev–Trinajstić information content (AvgIpc) is 2.83. The lowest BCUT2D eigenvalue weighted by Gasteiger charge is -2.34. The van der Waals surface area contributed by atoms with Crippen molar-refractivity contribution >= 4 is 27.9 Å². The molecule has 3 nitrogen and oxygen atoms in total. The predicted octanol–water partition coefficient (Wildman–Crippen LogP) is 6.68. The Balaban J connectivity index is 1.76. The van der Waals surface area contributed by atoms with Gasteiger partial charge in [-0.3, -0.25) is 4.79 Å². The molecule has 152 valence electrons. The zero-order valence-corrected chi connectivity index (χ0v) is 18.1. The summed E-state index contributed by atoms with van der Waals surface area (Å²) in [6.45, 7) is 8.64. The van der Waals surface area contributed by atoms with Gasteiger partial charge in [-0.05, 0) is 65.3 Å². The van der Waals surface area contributed by atoms with Gasteiger partial charge in [0.15, 0.2) is 5.78 Å². The van der Waals surface area contributed by atoms with Gasteiger partial charge in [0, 0.05) is 17.7 Å². The van der Waals surface area contributed by atoms with Crippen LogP contribution in [-0.2, 0) is 4.79 Å². The number of Topliss-reactive ketones (excluding diaryl/α,β-unsaturated/α-hetero) is 1. The maximum absolute atomic E-state index is 13.5. The lowest BCUT2D eigenvalue weighted by atomic mass is 9.73. The zero-order chi connectivity index (χ0) is 21.0. The summed E-state index contributed by atoms with van der Waals surface area (Å²) in [5.41, 5.74) is 7.65. The minimum Gasteiger partial charge on any atom is -0.372 e. The lowest BCUT2D eigenvalue weighted by Crippen LogP contribution is -2.31. The van der Waals surface area contributed by atoms with Crippen LogP contribution in [0, 0.1) is 19.3 Å². The summed E-state index contributed by atoms with van der Waals surface area (Å²) in [6.07, 6.45) is 1.44. The molecule has 0 spiro atoms. The molecular formula is C27H28N2O. The van der Waals surface area contributed by atoms with Crippen LogP contribution in [0.5, 0.6) is 0 Å². The van der Waals surface area contributed by atoms with Crippen LogP contribution in [0.25, 0.3) is 10.8 Å². The number of anilines is 2. The van der Waals surface area contributed by atoms with Crippen molar-refractivity contribution in [3.63, 3.8) is 0 Å². The summed E-state index contributed by atoms with van der Waals surface area (Å²) in [5.74, 6) is 0.237. The van der Waals surface area contributed by atoms with E-state index in [4.69, 9.17) is 0 Å². The summed E-state index contributed by atoms with van der Waals surface area (Å²) in [4.78, 5) is 13.5. The molecule has 0 radical (unpaired) electrons. The minimum absolute atomic E-state index is 0.0452. The van der Waals surface area contributed by atoms with Crippen molar-refractivity contribution in [3.05, 3.63) is 82.6 Å². The van der Waals surface area contributed by atoms with Gasteiger partial charge in [0.25, 0.3) is 0 Å². The topological polar surface area (TPSA) is 41.1 Å². The Bertz CT molecular complexity index is 1210. The van der Waals surface area contributed by atoms with E-state index < -0.39 is 0 Å². The highest BCUT2D eigenvalue weighted by Crippen LogP contribution is 2.46. The minimum atomic E-state index is -0.175. The second kappa shape index (κ2) is 6.73. The summed E-state index contributed by atoms with van der Waals surface area (Å²) < 4.78 is 0. The van der Waals surface area contributed by atoms with Crippen molar-refractivity contribution in [2.24, 2.45) is 5.41 Å². The summed E-state index contributed by atoms with van der Waals surface area (Å²) in [5, 5.41) is 9.79. The van der Waals surface area contributed by atoms with Crippen molar-refractivity contribution in [2.45, 2.75) is 46.6 Å². The van der Waals surface area contributed by atoms with E-state index in [2.05, 4.69) is 92.9 Å². The third-order valence-electron chi connectivity index (χ3n) is 6.56. The molecule has 0 saturated carbocycles. The number of hydrogen-bond donors (Lipinski definition) is 2. The van der Waals surface area contributed by atoms with Crippen molar-refractivity contribution < 1.29 is 4.79 Å². The van der Waals surface area contributed by atoms with Crippen molar-refractivity contribution in [2.75, 3.05) is 10.6 Å². The maximum Gasteiger partial charge on any atom is 0.163 e. The number of fused-ring (bicyclic) bond motifs is 2. The molecule has 0 unspecified atom stereocenters. The monoisotopic (exact) mass is 396 g/mol. The normalized spacial score (nSPS) is 20.1. The second-order valence-corrected chi connectivity index (χ2v) is 9.59. The van der Waals surface area contributed by atoms with E-state index in [0.717, 1.165) is 34.6 Å². The number of rotatable bonds is 1. The number of ketones is 1. The highest BCUT2D eigenvalue weighted by Gasteiger charge is 2.39. The Hall–Kier alpha value is -3.07. The molecule has 0 aromatic heterocycles. The Morgan fingerprint density at radius 1 is 0.900 bits per heavy atom. The Labute approximate surface area is 178 Å². The molecule has 30 heavy (non-hydrogen) atoms. The largest absolute Gasteiger partial charge is 0.372 e. The molecule has 5 rings (SSSR count). The second-order valence-electron chi connectivity index (χ2n) is 9.59. The molecule has 2 aliphatic rings. The lowest BCUT2D eigenvalue weighted by molar-refractivity contribution is -0.118. The van der Waals surface area contributed by atoms with Gasteiger partial charge in [-0.25, -0.2) is 0 Å². The first-order valence-electron chi connectivity index (χ1n) is 10.7. The van der Waals surface area contributed by atoms with Crippen LogP contribution in [0.2, 0.25) is 0 Å². The summed E-state index contributed by atoms with van der Waals surface area (Å²) in [6, 6.07) is 19.0. The van der Waals surface area contributed by atoms with Gasteiger partial charge >= 0.3 is 0 Å². The van der Waals surface area contributed by atoms with Crippen molar-refractivity contribution in [1.29, 1.82) is 0 Å². The van der Waals surface area contributed by atoms with Gasteiger partial charge < -0.3 is 10.6 Å². The Kier molecular flexibility index (Phi) is 4.25. The highest BCUT2D eigenvalue weighted by atomic mass is 16.1. The van der Waals surface area contributed by atoms with Crippen LogP contribution in [0.4, 0.5) is 11.4 Å². The molecule has 1 atom stereocenters. The van der Waals surface area contributed by atoms with E-state index in [1.165, 1.54) is 21.9 Å². The molecule has 1 heterocycles. The van der Waals surface area contributed by atoms with Gasteiger partial charge in [-0.2, -0.15) is 0 Å². The fourth-order valence-corrected chi connectivity index (χ4v) is 4.95. The first-order chi connectivity index (χ1) is 14.3. The standard InChI is InChI=1S/C27H28N2O/c1-16-12-21-22(13-17(16)2)29-26(20-11-7-9-18-8-5-6-10-19(18)20)25-23(28-21)14-27(3,4)15-24(25)30/h5-13,26,28-29H,14-15H2,1-4H3/t26-/m0/s1. The number of hydrogen-bond acceptors (Lipinski definition) is 3. The van der Waals surface area contributed by atoms with Crippen LogP contribution in [0.1, 0.15) is 49.4 Å². The van der Waals surface area contributed by atoms with Gasteiger partial charge in [0.05, 0.1) is 17.4 Å². The molecule has 3 aromatic rings. The predicted molar refractivity (Wildman–Crippen MR) is 125 cm³/mol. The molecule has 2 N–H and O–H groups in total. The number of allylic oxidation sites excluding steroid dienone is 1. The smallest absolute Gasteiger partial charge is 0.163 e. The molecular weight excluding hydrogens is 368 g/mol. The third-order valence-corrected chi connectivity index (χ3v) is 6.56. The van der Waals surface area contributed by atoms with Crippen LogP contribution in [0.15, 0.2) is 65.9 Å². The van der Waals surface area contributed by atoms with Crippen LogP contribution in [-0.4, -0.2) is 5.78 Å². The van der Waals surface area contributed by atoms with Gasteiger partial charge in [-0.1, -0.05) is 56.3 Å². The maximum atomic E-state index is 13.5. The van der Waals surface area contributed by atoms with Gasteiger partial charge in [-0.15, -0.1) is 0 Å². The summed E-state index contributed by atoms with van der Waals surface area (Å²) in [7, 11) is 0. The quantitative estimate of drug-likeness (QED) is 0.482. The fraction of sp³-hybridized carbons (Fsp3) is 0.296. The molecule has 0 amide bonds. The summed E-state index contributed by atoms with van der Waals surface area (Å²) >= 11 is 0. The van der Waals surface area contributed by atoms with Crippen molar-refractivity contribution in [1.82, 2.24) is 0 Å². The highest BCUT2D eigenvalue weighted by molar-refractivity contribution is 6.02. The first kappa shape index (κ1) is 18.9. The average molecular weight is 397 g/mol. The first-order valence-corrected chi connectivity index (χ1v) is 10.7. The van der Waals surface area contributed by atoms with E-state index in [1.54, 1.807) is 0 Å². The van der Waals surface area contributed by atoms with E-state index in [-0.39, 0.29) is 17.2 Å². The SMILES string of the molecule is Cc1cc2c(cc1C)N[C@@H](c1cccc3ccccc13)C1=C(CC(C)(C)CC1=O)N2. The van der Waals surface area contributed by atoms with Crippen LogP contribution in [0.3, 0.4) is 0 Å². The molecule has 3 aromatic carbocycles. The third kappa shape index (κ3) is 3.09. The molecule has 1 aliphatic carbocycles. The number of aryl methyl sites for hydroxylation is 2. The fourth-order valence-electron chi connectivity index (χ4n) is 4.95. The van der Waals surface area contributed by atoms with Crippen LogP contribution < -0.4 is 10.6 Å². The zero-order valence-electron chi connectivity index (χ0n) is 18.1. The molecule has 0 saturated heterocycles. The molecule has 3 heteroatoms. The molecule has 0 bridgehead atoms. The van der Waals surface area contributed by atoms with E-state index >= 15 is 0 Å². The van der Waals surface area contributed by atoms with E-state index in [9.17, 15) is 4.79 Å². The molecule has 0 fully saturated rings. The number of benzene rings is 3. The van der Waals surface area contributed by atoms with E-state index in [1.807, 2.05) is 0 Å². The van der Waals surface area contributed by atoms with Gasteiger partial charge in [0.1, 0.15) is 0 Å². The number of carbonyl (C=O) groups is 1. The number of nitrogens with one attached hydrogen (secondary N) is 2. The van der Waals surface area contributed by atoms with Crippen molar-refractivity contribution in [3.8, 4) is 0 Å². The number of carbonyl (C=O) groups excluding carboxylic acids is 1. The van der Waals surface area contributed by atoms with E-state index in [0.29, 0.717) is 6.42 Å². The Morgan fingerprint density at radius 3 is 2.40 bits per heavy atom. The Morgan fingerprint density at radius 2 is 1.60 bits per heavy atom. The van der Waals surface area contributed by atoms with Crippen LogP contribution >= 0.6 is 0 Å². The van der Waals surface area contributed by atoms with Gasteiger partial charge in [0.2, 0.25) is 0 Å². The molecule has 1 aliphatic heterocycles.